The molecule has 8 nitrogen and oxygen atoms in total. The van der Waals surface area contributed by atoms with Crippen LogP contribution in [0, 0.1) is 0 Å². The van der Waals surface area contributed by atoms with E-state index in [1.807, 2.05) is 18.2 Å². The van der Waals surface area contributed by atoms with Crippen molar-refractivity contribution in [2.45, 2.75) is 30.8 Å². The zero-order chi connectivity index (χ0) is 25.8. The van der Waals surface area contributed by atoms with Gasteiger partial charge in [0.1, 0.15) is 17.5 Å². The molecule has 0 aliphatic carbocycles. The predicted octanol–water partition coefficient (Wildman–Crippen LogP) is 3.91. The van der Waals surface area contributed by atoms with E-state index in [1.165, 1.54) is 19.1 Å². The molecule has 186 valence electrons. The molecule has 3 rings (SSSR count). The summed E-state index contributed by atoms with van der Waals surface area (Å²) in [7, 11) is -7.12. The number of sulfone groups is 1. The van der Waals surface area contributed by atoms with Crippen molar-refractivity contribution < 1.29 is 26.4 Å². The minimum atomic E-state index is -3.79. The summed E-state index contributed by atoms with van der Waals surface area (Å²) in [6, 6.07) is 20.3. The normalized spacial score (nSPS) is 13.5. The van der Waals surface area contributed by atoms with Gasteiger partial charge in [-0.05, 0) is 67.9 Å². The van der Waals surface area contributed by atoms with Crippen LogP contribution in [0.1, 0.15) is 25.5 Å². The van der Waals surface area contributed by atoms with Gasteiger partial charge in [-0.25, -0.2) is 16.8 Å². The van der Waals surface area contributed by atoms with E-state index in [2.05, 4.69) is 5.32 Å². The molecule has 0 aliphatic heterocycles. The van der Waals surface area contributed by atoms with Gasteiger partial charge in [0.2, 0.25) is 15.9 Å². The first-order valence-electron chi connectivity index (χ1n) is 10.8. The molecule has 3 aromatic carbocycles. The molecule has 3 aromatic rings. The number of benzene rings is 3. The van der Waals surface area contributed by atoms with Crippen LogP contribution in [-0.2, 0) is 24.7 Å². The SMILES string of the molecule is C[C@H](NC(=O)[C@H](C)N(c1ccc(Oc2ccccc2)cc1)S(C)(=O)=O)c1ccc(S(C)(=O)=O)cc1. The van der Waals surface area contributed by atoms with E-state index >= 15 is 0 Å². The summed E-state index contributed by atoms with van der Waals surface area (Å²) < 4.78 is 55.3. The van der Waals surface area contributed by atoms with Gasteiger partial charge in [-0.3, -0.25) is 9.10 Å². The van der Waals surface area contributed by atoms with Crippen LogP contribution >= 0.6 is 0 Å². The van der Waals surface area contributed by atoms with Crippen LogP contribution < -0.4 is 14.4 Å². The Morgan fingerprint density at radius 1 is 0.800 bits per heavy atom. The third-order valence-electron chi connectivity index (χ3n) is 5.33. The molecule has 0 aliphatic rings. The van der Waals surface area contributed by atoms with Crippen LogP contribution in [0.5, 0.6) is 11.5 Å². The van der Waals surface area contributed by atoms with Crippen molar-refractivity contribution in [2.75, 3.05) is 16.8 Å². The molecule has 0 aromatic heterocycles. The average Bonchev–Trinajstić information content (AvgIpc) is 2.79. The second-order valence-corrected chi connectivity index (χ2v) is 12.1. The molecule has 0 saturated heterocycles. The van der Waals surface area contributed by atoms with Crippen molar-refractivity contribution in [1.82, 2.24) is 5.32 Å². The first kappa shape index (κ1) is 26.2. The molecule has 1 amide bonds. The van der Waals surface area contributed by atoms with Gasteiger partial charge in [-0.15, -0.1) is 0 Å². The second kappa shape index (κ2) is 10.5. The highest BCUT2D eigenvalue weighted by molar-refractivity contribution is 7.92. The minimum Gasteiger partial charge on any atom is -0.457 e. The standard InChI is InChI=1S/C25H28N2O6S2/c1-18(20-10-16-24(17-11-20)34(3,29)30)26-25(28)19(2)27(35(4,31)32)21-12-14-23(15-13-21)33-22-8-6-5-7-9-22/h5-19H,1-4H3,(H,26,28)/t18-,19-/m0/s1. The fraction of sp³-hybridized carbons (Fsp3) is 0.240. The number of carbonyl (C=O) groups excluding carboxylic acids is 1. The maximum absolute atomic E-state index is 13.0. The van der Waals surface area contributed by atoms with Gasteiger partial charge in [0.25, 0.3) is 0 Å². The monoisotopic (exact) mass is 516 g/mol. The van der Waals surface area contributed by atoms with Crippen molar-refractivity contribution in [3.05, 3.63) is 84.4 Å². The summed E-state index contributed by atoms with van der Waals surface area (Å²) in [6.45, 7) is 3.24. The van der Waals surface area contributed by atoms with E-state index in [0.29, 0.717) is 22.7 Å². The lowest BCUT2D eigenvalue weighted by molar-refractivity contribution is -0.122. The Morgan fingerprint density at radius 3 is 1.86 bits per heavy atom. The topological polar surface area (TPSA) is 110 Å². The Hall–Kier alpha value is -3.37. The van der Waals surface area contributed by atoms with Crippen LogP contribution in [0.15, 0.2) is 83.8 Å². The van der Waals surface area contributed by atoms with E-state index in [-0.39, 0.29) is 4.90 Å². The van der Waals surface area contributed by atoms with Gasteiger partial charge in [0, 0.05) is 6.26 Å². The number of anilines is 1. The highest BCUT2D eigenvalue weighted by Gasteiger charge is 2.30. The lowest BCUT2D eigenvalue weighted by Gasteiger charge is -2.29. The Labute approximate surface area is 206 Å². The lowest BCUT2D eigenvalue weighted by Crippen LogP contribution is -2.48. The van der Waals surface area contributed by atoms with Crippen LogP contribution in [-0.4, -0.2) is 41.3 Å². The molecule has 0 heterocycles. The number of rotatable bonds is 9. The zero-order valence-electron chi connectivity index (χ0n) is 19.9. The maximum Gasteiger partial charge on any atom is 0.244 e. The number of hydrogen-bond donors (Lipinski definition) is 1. The molecular formula is C25H28N2O6S2. The van der Waals surface area contributed by atoms with E-state index < -0.39 is 37.9 Å². The van der Waals surface area contributed by atoms with E-state index in [9.17, 15) is 21.6 Å². The first-order chi connectivity index (χ1) is 16.4. The summed E-state index contributed by atoms with van der Waals surface area (Å²) in [4.78, 5) is 13.2. The van der Waals surface area contributed by atoms with Gasteiger partial charge in [0.05, 0.1) is 22.9 Å². The second-order valence-electron chi connectivity index (χ2n) is 8.22. The highest BCUT2D eigenvalue weighted by atomic mass is 32.2. The van der Waals surface area contributed by atoms with Crippen molar-refractivity contribution in [3.63, 3.8) is 0 Å². The third kappa shape index (κ3) is 6.83. The average molecular weight is 517 g/mol. The van der Waals surface area contributed by atoms with Gasteiger partial charge in [0.15, 0.2) is 9.84 Å². The molecule has 0 fully saturated rings. The first-order valence-corrected chi connectivity index (χ1v) is 14.5. The molecule has 0 unspecified atom stereocenters. The van der Waals surface area contributed by atoms with Crippen molar-refractivity contribution in [2.24, 2.45) is 0 Å². The number of hydrogen-bond acceptors (Lipinski definition) is 6. The van der Waals surface area contributed by atoms with Gasteiger partial charge in [-0.1, -0.05) is 30.3 Å². The predicted molar refractivity (Wildman–Crippen MR) is 136 cm³/mol. The third-order valence-corrected chi connectivity index (χ3v) is 7.70. The molecular weight excluding hydrogens is 488 g/mol. The summed E-state index contributed by atoms with van der Waals surface area (Å²) in [6.07, 6.45) is 2.16. The Bertz CT molecular complexity index is 1370. The number of para-hydroxylation sites is 1. The van der Waals surface area contributed by atoms with Crippen LogP contribution in [0.4, 0.5) is 5.69 Å². The molecule has 0 saturated carbocycles. The number of sulfonamides is 1. The summed E-state index contributed by atoms with van der Waals surface area (Å²) >= 11 is 0. The molecule has 0 bridgehead atoms. The number of ether oxygens (including phenoxy) is 1. The van der Waals surface area contributed by atoms with Crippen LogP contribution in [0.2, 0.25) is 0 Å². The zero-order valence-corrected chi connectivity index (χ0v) is 21.5. The Kier molecular flexibility index (Phi) is 7.86. The van der Waals surface area contributed by atoms with Gasteiger partial charge >= 0.3 is 0 Å². The quantitative estimate of drug-likeness (QED) is 0.462. The molecule has 0 spiro atoms. The van der Waals surface area contributed by atoms with Gasteiger partial charge < -0.3 is 10.1 Å². The molecule has 10 heteroatoms. The lowest BCUT2D eigenvalue weighted by atomic mass is 10.1. The van der Waals surface area contributed by atoms with E-state index in [4.69, 9.17) is 4.74 Å². The fourth-order valence-corrected chi connectivity index (χ4v) is 5.32. The Balaban J connectivity index is 1.76. The molecule has 0 radical (unpaired) electrons. The maximum atomic E-state index is 13.0. The highest BCUT2D eigenvalue weighted by Crippen LogP contribution is 2.27. The molecule has 1 N–H and O–H groups in total. The summed E-state index contributed by atoms with van der Waals surface area (Å²) in [5.41, 5.74) is 1.01. The number of nitrogens with one attached hydrogen (secondary N) is 1. The largest absolute Gasteiger partial charge is 0.457 e. The van der Waals surface area contributed by atoms with Crippen molar-refractivity contribution in [1.29, 1.82) is 0 Å². The van der Waals surface area contributed by atoms with E-state index in [1.54, 1.807) is 55.5 Å². The number of amides is 1. The Morgan fingerprint density at radius 2 is 1.34 bits per heavy atom. The molecule has 35 heavy (non-hydrogen) atoms. The van der Waals surface area contributed by atoms with Crippen molar-refractivity contribution >= 4 is 31.5 Å². The van der Waals surface area contributed by atoms with Crippen LogP contribution in [0.3, 0.4) is 0 Å². The summed E-state index contributed by atoms with van der Waals surface area (Å²) in [5, 5.41) is 2.80. The fourth-order valence-electron chi connectivity index (χ4n) is 3.52. The molecule has 2 atom stereocenters. The number of nitrogens with zero attached hydrogens (tertiary/aromatic N) is 1. The van der Waals surface area contributed by atoms with E-state index in [0.717, 1.165) is 16.8 Å². The smallest absolute Gasteiger partial charge is 0.244 e. The van der Waals surface area contributed by atoms with Crippen molar-refractivity contribution in [3.8, 4) is 11.5 Å². The minimum absolute atomic E-state index is 0.177. The number of carbonyl (C=O) groups is 1. The summed E-state index contributed by atoms with van der Waals surface area (Å²) in [5.74, 6) is 0.669. The van der Waals surface area contributed by atoms with Gasteiger partial charge in [-0.2, -0.15) is 0 Å². The van der Waals surface area contributed by atoms with Crippen LogP contribution in [0.25, 0.3) is 0 Å².